The number of rotatable bonds is 3. The van der Waals surface area contributed by atoms with Crippen LogP contribution in [0.5, 0.6) is 0 Å². The lowest BCUT2D eigenvalue weighted by molar-refractivity contribution is -0.122. The molecule has 0 heterocycles. The summed E-state index contributed by atoms with van der Waals surface area (Å²) in [4.78, 5) is 22.0. The third kappa shape index (κ3) is 5.19. The van der Waals surface area contributed by atoms with Crippen molar-refractivity contribution < 1.29 is 19.1 Å². The first kappa shape index (κ1) is 14.7. The van der Waals surface area contributed by atoms with Gasteiger partial charge in [0, 0.05) is 12.6 Å². The maximum atomic E-state index is 13.5. The summed E-state index contributed by atoms with van der Waals surface area (Å²) in [6.45, 7) is 0.763. The predicted octanol–water partition coefficient (Wildman–Crippen LogP) is 0.244. The summed E-state index contributed by atoms with van der Waals surface area (Å²) in [6.07, 6.45) is 0. The molecule has 0 spiro atoms. The van der Waals surface area contributed by atoms with E-state index in [1.807, 2.05) is 0 Å². The Morgan fingerprint density at radius 2 is 2.16 bits per heavy atom. The third-order valence-electron chi connectivity index (χ3n) is 2.05. The topological polar surface area (TPSA) is 78.4 Å². The highest BCUT2D eigenvalue weighted by molar-refractivity contribution is 5.94. The number of halogens is 1. The van der Waals surface area contributed by atoms with Crippen LogP contribution < -0.4 is 10.6 Å². The van der Waals surface area contributed by atoms with Gasteiger partial charge in [0.05, 0.1) is 12.1 Å². The first-order valence-electron chi connectivity index (χ1n) is 5.46. The molecule has 0 unspecified atom stereocenters. The predicted molar refractivity (Wildman–Crippen MR) is 67.7 cm³/mol. The minimum absolute atomic E-state index is 0.133. The normalized spacial score (nSPS) is 9.21. The number of carbonyl (C=O) groups is 2. The lowest BCUT2D eigenvalue weighted by Gasteiger charge is -2.06. The van der Waals surface area contributed by atoms with Crippen LogP contribution in [0.15, 0.2) is 18.2 Å². The van der Waals surface area contributed by atoms with Gasteiger partial charge in [-0.05, 0) is 18.2 Å². The van der Waals surface area contributed by atoms with Crippen molar-refractivity contribution in [1.29, 1.82) is 0 Å². The highest BCUT2D eigenvalue weighted by Gasteiger charge is 2.05. The molecule has 5 nitrogen and oxygen atoms in total. The van der Waals surface area contributed by atoms with Gasteiger partial charge in [-0.25, -0.2) is 4.39 Å². The average Bonchev–Trinajstić information content (AvgIpc) is 2.35. The van der Waals surface area contributed by atoms with Crippen molar-refractivity contribution in [3.63, 3.8) is 0 Å². The Hall–Kier alpha value is -2.39. The molecular formula is C13H13FN2O3. The van der Waals surface area contributed by atoms with Gasteiger partial charge in [0.25, 0.3) is 0 Å². The fraction of sp³-hybridized carbons (Fsp3) is 0.231. The Morgan fingerprint density at radius 1 is 1.42 bits per heavy atom. The first-order valence-corrected chi connectivity index (χ1v) is 5.46. The van der Waals surface area contributed by atoms with E-state index in [1.165, 1.54) is 19.1 Å². The fourth-order valence-electron chi connectivity index (χ4n) is 1.24. The molecule has 6 heteroatoms. The van der Waals surface area contributed by atoms with E-state index in [4.69, 9.17) is 5.11 Å². The number of carbonyl (C=O) groups excluding carboxylic acids is 2. The third-order valence-corrected chi connectivity index (χ3v) is 2.05. The maximum Gasteiger partial charge on any atom is 0.243 e. The lowest BCUT2D eigenvalue weighted by Crippen LogP contribution is -2.31. The van der Waals surface area contributed by atoms with E-state index in [1.54, 1.807) is 0 Å². The van der Waals surface area contributed by atoms with E-state index < -0.39 is 11.7 Å². The van der Waals surface area contributed by atoms with Crippen LogP contribution in [0.4, 0.5) is 10.1 Å². The van der Waals surface area contributed by atoms with E-state index >= 15 is 0 Å². The molecule has 0 aliphatic carbocycles. The molecule has 0 radical (unpaired) electrons. The lowest BCUT2D eigenvalue weighted by atomic mass is 10.2. The molecule has 1 aromatic carbocycles. The van der Waals surface area contributed by atoms with Crippen molar-refractivity contribution in [3.8, 4) is 11.8 Å². The monoisotopic (exact) mass is 264 g/mol. The number of aliphatic hydroxyl groups excluding tert-OH is 1. The zero-order valence-electron chi connectivity index (χ0n) is 10.3. The van der Waals surface area contributed by atoms with E-state index in [0.717, 1.165) is 6.07 Å². The van der Waals surface area contributed by atoms with Gasteiger partial charge < -0.3 is 15.7 Å². The van der Waals surface area contributed by atoms with Crippen LogP contribution in [0.1, 0.15) is 12.5 Å². The Kier molecular flexibility index (Phi) is 5.51. The van der Waals surface area contributed by atoms with Crippen LogP contribution in [-0.2, 0) is 9.59 Å². The molecule has 0 atom stereocenters. The van der Waals surface area contributed by atoms with Crippen LogP contribution >= 0.6 is 0 Å². The number of hydrogen-bond acceptors (Lipinski definition) is 3. The van der Waals surface area contributed by atoms with Gasteiger partial charge in [-0.2, -0.15) is 0 Å². The second-order valence-corrected chi connectivity index (χ2v) is 3.61. The van der Waals surface area contributed by atoms with Crippen LogP contribution in [0.25, 0.3) is 0 Å². The standard InChI is InChI=1S/C13H13FN2O3/c1-9(18)15-8-13(19)16-11-5-4-10(3-2-6-17)12(14)7-11/h4-5,7,17H,6,8H2,1H3,(H,15,18)(H,16,19). The first-order chi connectivity index (χ1) is 9.02. The van der Waals surface area contributed by atoms with Crippen molar-refractivity contribution in [2.75, 3.05) is 18.5 Å². The van der Waals surface area contributed by atoms with Gasteiger partial charge in [0.1, 0.15) is 12.4 Å². The zero-order chi connectivity index (χ0) is 14.3. The van der Waals surface area contributed by atoms with Gasteiger partial charge in [-0.1, -0.05) is 11.8 Å². The molecule has 0 aliphatic heterocycles. The van der Waals surface area contributed by atoms with Crippen molar-refractivity contribution in [2.45, 2.75) is 6.92 Å². The molecule has 0 aliphatic rings. The van der Waals surface area contributed by atoms with E-state index in [0.29, 0.717) is 0 Å². The van der Waals surface area contributed by atoms with Gasteiger partial charge in [-0.15, -0.1) is 0 Å². The Balaban J connectivity index is 2.68. The highest BCUT2D eigenvalue weighted by Crippen LogP contribution is 2.13. The summed E-state index contributed by atoms with van der Waals surface area (Å²) in [5.41, 5.74) is 0.399. The van der Waals surface area contributed by atoms with Gasteiger partial charge in [-0.3, -0.25) is 9.59 Å². The van der Waals surface area contributed by atoms with Crippen LogP contribution in [0.2, 0.25) is 0 Å². The average molecular weight is 264 g/mol. The van der Waals surface area contributed by atoms with Gasteiger partial charge in [0.2, 0.25) is 11.8 Å². The Bertz CT molecular complexity index is 547. The van der Waals surface area contributed by atoms with Crippen molar-refractivity contribution in [3.05, 3.63) is 29.6 Å². The van der Waals surface area contributed by atoms with Gasteiger partial charge in [0.15, 0.2) is 0 Å². The molecule has 100 valence electrons. The molecule has 1 rings (SSSR count). The Morgan fingerprint density at radius 3 is 2.74 bits per heavy atom. The largest absolute Gasteiger partial charge is 0.384 e. The summed E-state index contributed by atoms with van der Waals surface area (Å²) in [7, 11) is 0. The summed E-state index contributed by atoms with van der Waals surface area (Å²) in [5, 5.41) is 13.3. The summed E-state index contributed by atoms with van der Waals surface area (Å²) >= 11 is 0. The molecule has 0 bridgehead atoms. The van der Waals surface area contributed by atoms with Crippen molar-refractivity contribution in [1.82, 2.24) is 5.32 Å². The molecule has 0 fully saturated rings. The molecule has 2 amide bonds. The SMILES string of the molecule is CC(=O)NCC(=O)Nc1ccc(C#CCO)c(F)c1. The second-order valence-electron chi connectivity index (χ2n) is 3.61. The molecule has 0 saturated heterocycles. The maximum absolute atomic E-state index is 13.5. The summed E-state index contributed by atoms with van der Waals surface area (Å²) in [5.74, 6) is 3.39. The minimum Gasteiger partial charge on any atom is -0.384 e. The van der Waals surface area contributed by atoms with Crippen molar-refractivity contribution in [2.24, 2.45) is 0 Å². The number of anilines is 1. The molecule has 1 aromatic rings. The molecule has 3 N–H and O–H groups in total. The number of nitrogens with one attached hydrogen (secondary N) is 2. The highest BCUT2D eigenvalue weighted by atomic mass is 19.1. The van der Waals surface area contributed by atoms with Crippen LogP contribution in [0, 0.1) is 17.7 Å². The van der Waals surface area contributed by atoms with Crippen LogP contribution in [0.3, 0.4) is 0 Å². The zero-order valence-corrected chi connectivity index (χ0v) is 10.3. The van der Waals surface area contributed by atoms with Crippen molar-refractivity contribution >= 4 is 17.5 Å². The number of benzene rings is 1. The molecule has 19 heavy (non-hydrogen) atoms. The second kappa shape index (κ2) is 7.13. The molecular weight excluding hydrogens is 251 g/mol. The molecule has 0 aromatic heterocycles. The fourth-order valence-corrected chi connectivity index (χ4v) is 1.24. The molecule has 0 saturated carbocycles. The summed E-state index contributed by atoms with van der Waals surface area (Å²) in [6, 6.07) is 4.00. The smallest absolute Gasteiger partial charge is 0.243 e. The Labute approximate surface area is 109 Å². The minimum atomic E-state index is -0.599. The number of aliphatic hydroxyl groups is 1. The number of amides is 2. The summed E-state index contributed by atoms with van der Waals surface area (Å²) < 4.78 is 13.5. The van der Waals surface area contributed by atoms with E-state index in [9.17, 15) is 14.0 Å². The van der Waals surface area contributed by atoms with Gasteiger partial charge >= 0.3 is 0 Å². The quantitative estimate of drug-likeness (QED) is 0.684. The van der Waals surface area contributed by atoms with E-state index in [2.05, 4.69) is 22.5 Å². The van der Waals surface area contributed by atoms with E-state index in [-0.39, 0.29) is 30.3 Å². The van der Waals surface area contributed by atoms with Crippen LogP contribution in [-0.4, -0.2) is 30.1 Å². The number of hydrogen-bond donors (Lipinski definition) is 3.